The molecule has 1 aliphatic rings. The fraction of sp³-hybridized carbons (Fsp3) is 0.727. The van der Waals surface area contributed by atoms with Gasteiger partial charge in [0.1, 0.15) is 5.78 Å². The van der Waals surface area contributed by atoms with E-state index in [-0.39, 0.29) is 5.78 Å². The number of hydrogen-bond acceptors (Lipinski definition) is 6. The molecule has 1 fully saturated rings. The smallest absolute Gasteiger partial charge is 0.227 e. The SMILES string of the molecule is CC(=O)CCc1nc(C2SCCSC2C)no1. The van der Waals surface area contributed by atoms with Crippen LogP contribution in [0.5, 0.6) is 0 Å². The monoisotopic (exact) mass is 272 g/mol. The van der Waals surface area contributed by atoms with Crippen molar-refractivity contribution in [1.82, 2.24) is 10.1 Å². The molecule has 0 aromatic carbocycles. The van der Waals surface area contributed by atoms with Crippen molar-refractivity contribution in [1.29, 1.82) is 0 Å². The van der Waals surface area contributed by atoms with E-state index in [0.29, 0.717) is 29.2 Å². The number of carbonyl (C=O) groups excluding carboxylic acids is 1. The summed E-state index contributed by atoms with van der Waals surface area (Å²) in [6.45, 7) is 3.78. The Morgan fingerprint density at radius 1 is 1.47 bits per heavy atom. The predicted octanol–water partition coefficient (Wildman–Crippen LogP) is 2.50. The maximum absolute atomic E-state index is 10.9. The number of rotatable bonds is 4. The Labute approximate surface area is 109 Å². The van der Waals surface area contributed by atoms with Gasteiger partial charge in [-0.05, 0) is 6.92 Å². The highest BCUT2D eigenvalue weighted by Gasteiger charge is 2.28. The van der Waals surface area contributed by atoms with Crippen LogP contribution in [0.15, 0.2) is 4.52 Å². The summed E-state index contributed by atoms with van der Waals surface area (Å²) in [5, 5.41) is 4.88. The van der Waals surface area contributed by atoms with E-state index in [1.165, 1.54) is 5.75 Å². The molecule has 1 aromatic rings. The van der Waals surface area contributed by atoms with Crippen LogP contribution in [0, 0.1) is 0 Å². The van der Waals surface area contributed by atoms with Gasteiger partial charge in [0.15, 0.2) is 5.82 Å². The van der Waals surface area contributed by atoms with Crippen molar-refractivity contribution in [2.24, 2.45) is 0 Å². The lowest BCUT2D eigenvalue weighted by atomic mass is 10.2. The molecule has 94 valence electrons. The molecule has 4 nitrogen and oxygen atoms in total. The van der Waals surface area contributed by atoms with E-state index in [4.69, 9.17) is 4.52 Å². The number of carbonyl (C=O) groups is 1. The largest absolute Gasteiger partial charge is 0.339 e. The van der Waals surface area contributed by atoms with Crippen LogP contribution in [0.2, 0.25) is 0 Å². The first-order valence-electron chi connectivity index (χ1n) is 5.72. The van der Waals surface area contributed by atoms with Gasteiger partial charge in [-0.3, -0.25) is 0 Å². The first kappa shape index (κ1) is 13.0. The van der Waals surface area contributed by atoms with Crippen molar-refractivity contribution in [2.75, 3.05) is 11.5 Å². The molecule has 17 heavy (non-hydrogen) atoms. The summed E-state index contributed by atoms with van der Waals surface area (Å²) in [6.07, 6.45) is 1.03. The average molecular weight is 272 g/mol. The minimum Gasteiger partial charge on any atom is -0.339 e. The molecule has 1 aromatic heterocycles. The van der Waals surface area contributed by atoms with Crippen molar-refractivity contribution in [2.45, 2.75) is 37.2 Å². The Morgan fingerprint density at radius 3 is 2.94 bits per heavy atom. The van der Waals surface area contributed by atoms with Crippen molar-refractivity contribution < 1.29 is 9.32 Å². The lowest BCUT2D eigenvalue weighted by Gasteiger charge is -2.24. The van der Waals surface area contributed by atoms with Crippen LogP contribution < -0.4 is 0 Å². The van der Waals surface area contributed by atoms with Crippen molar-refractivity contribution >= 4 is 29.3 Å². The van der Waals surface area contributed by atoms with Gasteiger partial charge in [-0.2, -0.15) is 16.7 Å². The number of aromatic nitrogens is 2. The van der Waals surface area contributed by atoms with Gasteiger partial charge in [0, 0.05) is 29.6 Å². The topological polar surface area (TPSA) is 56.0 Å². The molecule has 0 spiro atoms. The summed E-state index contributed by atoms with van der Waals surface area (Å²) >= 11 is 3.84. The molecule has 0 N–H and O–H groups in total. The minimum atomic E-state index is 0.153. The van der Waals surface area contributed by atoms with E-state index in [9.17, 15) is 4.79 Å². The molecule has 0 saturated carbocycles. The maximum Gasteiger partial charge on any atom is 0.227 e. The molecular formula is C11H16N2O2S2. The molecule has 0 aliphatic carbocycles. The van der Waals surface area contributed by atoms with Crippen LogP contribution in [0.4, 0.5) is 0 Å². The molecule has 1 saturated heterocycles. The Balaban J connectivity index is 1.99. The minimum absolute atomic E-state index is 0.153. The summed E-state index contributed by atoms with van der Waals surface area (Å²) in [4.78, 5) is 15.3. The van der Waals surface area contributed by atoms with Crippen molar-refractivity contribution in [3.63, 3.8) is 0 Å². The van der Waals surface area contributed by atoms with E-state index in [1.807, 2.05) is 23.5 Å². The molecule has 1 aliphatic heterocycles. The molecule has 2 atom stereocenters. The van der Waals surface area contributed by atoms with Crippen LogP contribution in [-0.2, 0) is 11.2 Å². The first-order chi connectivity index (χ1) is 8.16. The van der Waals surface area contributed by atoms with E-state index in [0.717, 1.165) is 11.6 Å². The predicted molar refractivity (Wildman–Crippen MR) is 70.4 cm³/mol. The van der Waals surface area contributed by atoms with Gasteiger partial charge >= 0.3 is 0 Å². The van der Waals surface area contributed by atoms with E-state index in [2.05, 4.69) is 17.1 Å². The van der Waals surface area contributed by atoms with Gasteiger partial charge in [-0.15, -0.1) is 11.8 Å². The molecular weight excluding hydrogens is 256 g/mol. The van der Waals surface area contributed by atoms with Crippen LogP contribution in [-0.4, -0.2) is 32.7 Å². The van der Waals surface area contributed by atoms with E-state index < -0.39 is 0 Å². The summed E-state index contributed by atoms with van der Waals surface area (Å²) in [5.41, 5.74) is 0. The van der Waals surface area contributed by atoms with Crippen molar-refractivity contribution in [3.8, 4) is 0 Å². The summed E-state index contributed by atoms with van der Waals surface area (Å²) < 4.78 is 5.18. The maximum atomic E-state index is 10.9. The second-order valence-electron chi connectivity index (χ2n) is 4.12. The lowest BCUT2D eigenvalue weighted by molar-refractivity contribution is -0.117. The number of Topliss-reactive ketones (excluding diaryl/α,β-unsaturated/α-hetero) is 1. The molecule has 0 radical (unpaired) electrons. The fourth-order valence-corrected chi connectivity index (χ4v) is 4.36. The molecule has 2 unspecified atom stereocenters. The quantitative estimate of drug-likeness (QED) is 0.839. The number of hydrogen-bond donors (Lipinski definition) is 0. The van der Waals surface area contributed by atoms with Crippen LogP contribution in [0.1, 0.15) is 37.2 Å². The van der Waals surface area contributed by atoms with E-state index in [1.54, 1.807) is 6.92 Å². The zero-order valence-electron chi connectivity index (χ0n) is 10.0. The van der Waals surface area contributed by atoms with Crippen LogP contribution >= 0.6 is 23.5 Å². The van der Waals surface area contributed by atoms with Gasteiger partial charge in [-0.25, -0.2) is 0 Å². The second kappa shape index (κ2) is 5.91. The molecule has 0 bridgehead atoms. The third kappa shape index (κ3) is 3.48. The summed E-state index contributed by atoms with van der Waals surface area (Å²) in [5.74, 6) is 3.85. The second-order valence-corrected chi connectivity index (χ2v) is 6.85. The highest BCUT2D eigenvalue weighted by Crippen LogP contribution is 2.41. The average Bonchev–Trinajstić information content (AvgIpc) is 2.75. The van der Waals surface area contributed by atoms with Gasteiger partial charge in [0.2, 0.25) is 5.89 Å². The first-order valence-corrected chi connectivity index (χ1v) is 7.81. The Morgan fingerprint density at radius 2 is 2.24 bits per heavy atom. The van der Waals surface area contributed by atoms with Gasteiger partial charge < -0.3 is 9.32 Å². The number of nitrogens with zero attached hydrogens (tertiary/aromatic N) is 2. The standard InChI is InChI=1S/C11H16N2O2S2/c1-7(14)3-4-9-12-11(13-15-9)10-8(2)16-5-6-17-10/h8,10H,3-6H2,1-2H3. The van der Waals surface area contributed by atoms with Crippen LogP contribution in [0.3, 0.4) is 0 Å². The lowest BCUT2D eigenvalue weighted by Crippen LogP contribution is -2.16. The summed E-state index contributed by atoms with van der Waals surface area (Å²) in [7, 11) is 0. The zero-order valence-corrected chi connectivity index (χ0v) is 11.6. The highest BCUT2D eigenvalue weighted by molar-refractivity contribution is 8.06. The normalized spacial score (nSPS) is 24.8. The fourth-order valence-electron chi connectivity index (χ4n) is 1.68. The number of thioether (sulfide) groups is 2. The highest BCUT2D eigenvalue weighted by atomic mass is 32.2. The van der Waals surface area contributed by atoms with Crippen LogP contribution in [0.25, 0.3) is 0 Å². The third-order valence-corrected chi connectivity index (χ3v) is 5.70. The molecule has 2 rings (SSSR count). The third-order valence-electron chi connectivity index (χ3n) is 2.62. The number of aryl methyl sites for hydroxylation is 1. The number of ketones is 1. The Kier molecular flexibility index (Phi) is 4.50. The molecule has 0 amide bonds. The zero-order chi connectivity index (χ0) is 12.3. The van der Waals surface area contributed by atoms with Gasteiger partial charge in [-0.1, -0.05) is 12.1 Å². The van der Waals surface area contributed by atoms with Gasteiger partial charge in [0.05, 0.1) is 5.25 Å². The Bertz CT molecular complexity index is 395. The Hall–Kier alpha value is -0.490. The van der Waals surface area contributed by atoms with E-state index >= 15 is 0 Å². The molecule has 2 heterocycles. The van der Waals surface area contributed by atoms with Gasteiger partial charge in [0.25, 0.3) is 0 Å². The molecule has 6 heteroatoms. The summed E-state index contributed by atoms with van der Waals surface area (Å²) in [6, 6.07) is 0. The van der Waals surface area contributed by atoms with Crippen molar-refractivity contribution in [3.05, 3.63) is 11.7 Å².